The van der Waals surface area contributed by atoms with Gasteiger partial charge in [0.15, 0.2) is 0 Å². The van der Waals surface area contributed by atoms with Gasteiger partial charge in [-0.25, -0.2) is 5.06 Å². The van der Waals surface area contributed by atoms with Crippen LogP contribution in [0.25, 0.3) is 10.8 Å². The Kier molecular flexibility index (Phi) is 4.22. The summed E-state index contributed by atoms with van der Waals surface area (Å²) in [5.74, 6) is 0.852. The zero-order valence-electron chi connectivity index (χ0n) is 15.7. The maximum atomic E-state index is 6.27. The van der Waals surface area contributed by atoms with Gasteiger partial charge in [-0.2, -0.15) is 0 Å². The van der Waals surface area contributed by atoms with Crippen LogP contribution in [0.4, 0.5) is 5.69 Å². The molecule has 0 fully saturated rings. The zero-order valence-corrected chi connectivity index (χ0v) is 15.7. The molecule has 0 spiro atoms. The fraction of sp³-hybridized carbons (Fsp3) is 0.120. The molecule has 0 aromatic heterocycles. The van der Waals surface area contributed by atoms with Gasteiger partial charge in [-0.1, -0.05) is 54.6 Å². The minimum absolute atomic E-state index is 0.0262. The van der Waals surface area contributed by atoms with Crippen LogP contribution in [-0.2, 0) is 11.4 Å². The molecular formula is C25H21NO2. The predicted molar refractivity (Wildman–Crippen MR) is 112 cm³/mol. The SMILES string of the molecule is COc1ccc(C2c3cc4ccccc4cc3CON2c2ccccc2)cc1. The highest BCUT2D eigenvalue weighted by Crippen LogP contribution is 2.40. The van der Waals surface area contributed by atoms with Crippen LogP contribution in [0.2, 0.25) is 0 Å². The minimum Gasteiger partial charge on any atom is -0.497 e. The van der Waals surface area contributed by atoms with Crippen molar-refractivity contribution in [1.29, 1.82) is 0 Å². The molecular weight excluding hydrogens is 346 g/mol. The molecule has 4 aromatic carbocycles. The molecule has 1 heterocycles. The molecule has 1 atom stereocenters. The highest BCUT2D eigenvalue weighted by Gasteiger charge is 2.30. The monoisotopic (exact) mass is 367 g/mol. The summed E-state index contributed by atoms with van der Waals surface area (Å²) in [6, 6.07) is 31.6. The molecule has 3 nitrogen and oxygen atoms in total. The first-order valence-electron chi connectivity index (χ1n) is 9.46. The Morgan fingerprint density at radius 3 is 2.21 bits per heavy atom. The number of anilines is 1. The highest BCUT2D eigenvalue weighted by atomic mass is 16.7. The van der Waals surface area contributed by atoms with E-state index in [0.29, 0.717) is 6.61 Å². The number of benzene rings is 4. The van der Waals surface area contributed by atoms with E-state index in [2.05, 4.69) is 60.7 Å². The van der Waals surface area contributed by atoms with Crippen molar-refractivity contribution in [2.45, 2.75) is 12.6 Å². The second kappa shape index (κ2) is 7.02. The van der Waals surface area contributed by atoms with Gasteiger partial charge in [0.2, 0.25) is 0 Å². The first kappa shape index (κ1) is 16.8. The van der Waals surface area contributed by atoms with Gasteiger partial charge in [-0.05, 0) is 63.9 Å². The predicted octanol–water partition coefficient (Wildman–Crippen LogP) is 5.89. The molecule has 0 saturated carbocycles. The Morgan fingerprint density at radius 1 is 0.821 bits per heavy atom. The van der Waals surface area contributed by atoms with E-state index < -0.39 is 0 Å². The minimum atomic E-state index is -0.0262. The summed E-state index contributed by atoms with van der Waals surface area (Å²) >= 11 is 0. The lowest BCUT2D eigenvalue weighted by atomic mass is 9.90. The summed E-state index contributed by atoms with van der Waals surface area (Å²) < 4.78 is 5.35. The van der Waals surface area contributed by atoms with E-state index >= 15 is 0 Å². The molecule has 0 radical (unpaired) electrons. The number of hydrogen-bond donors (Lipinski definition) is 0. The lowest BCUT2D eigenvalue weighted by Crippen LogP contribution is -2.34. The molecule has 0 saturated heterocycles. The molecule has 3 heteroatoms. The van der Waals surface area contributed by atoms with Crippen molar-refractivity contribution in [1.82, 2.24) is 0 Å². The zero-order chi connectivity index (χ0) is 18.9. The van der Waals surface area contributed by atoms with Gasteiger partial charge in [-0.3, -0.25) is 4.84 Å². The molecule has 0 amide bonds. The van der Waals surface area contributed by atoms with Crippen LogP contribution < -0.4 is 9.80 Å². The maximum Gasteiger partial charge on any atom is 0.118 e. The molecule has 0 bridgehead atoms. The fourth-order valence-corrected chi connectivity index (χ4v) is 3.92. The lowest BCUT2D eigenvalue weighted by Gasteiger charge is -2.38. The first-order valence-corrected chi connectivity index (χ1v) is 9.46. The van der Waals surface area contributed by atoms with Crippen LogP contribution in [0.1, 0.15) is 22.7 Å². The number of para-hydroxylation sites is 1. The van der Waals surface area contributed by atoms with Gasteiger partial charge in [0.1, 0.15) is 18.4 Å². The van der Waals surface area contributed by atoms with Crippen molar-refractivity contribution >= 4 is 16.5 Å². The van der Waals surface area contributed by atoms with E-state index in [1.165, 1.54) is 27.5 Å². The number of rotatable bonds is 3. The Labute approximate surface area is 164 Å². The smallest absolute Gasteiger partial charge is 0.118 e. The summed E-state index contributed by atoms with van der Waals surface area (Å²) in [7, 11) is 1.69. The van der Waals surface area contributed by atoms with E-state index in [9.17, 15) is 0 Å². The van der Waals surface area contributed by atoms with Gasteiger partial charge in [0.25, 0.3) is 0 Å². The summed E-state index contributed by atoms with van der Waals surface area (Å²) in [6.45, 7) is 0.557. The Balaban J connectivity index is 1.69. The van der Waals surface area contributed by atoms with E-state index in [1.807, 2.05) is 35.4 Å². The summed E-state index contributed by atoms with van der Waals surface area (Å²) in [5.41, 5.74) is 4.72. The molecule has 28 heavy (non-hydrogen) atoms. The van der Waals surface area contributed by atoms with Crippen LogP contribution in [-0.4, -0.2) is 7.11 Å². The van der Waals surface area contributed by atoms with Crippen molar-refractivity contribution < 1.29 is 9.57 Å². The largest absolute Gasteiger partial charge is 0.497 e. The van der Waals surface area contributed by atoms with Crippen molar-refractivity contribution in [2.75, 3.05) is 12.2 Å². The van der Waals surface area contributed by atoms with Gasteiger partial charge in [0.05, 0.1) is 12.8 Å². The number of nitrogens with zero attached hydrogens (tertiary/aromatic N) is 1. The molecule has 1 aliphatic rings. The van der Waals surface area contributed by atoms with E-state index in [1.54, 1.807) is 7.11 Å². The third-order valence-electron chi connectivity index (χ3n) is 5.34. The summed E-state index contributed by atoms with van der Waals surface area (Å²) in [6.07, 6.45) is 0. The van der Waals surface area contributed by atoms with E-state index in [0.717, 1.165) is 11.4 Å². The standard InChI is InChI=1S/C25H21NO2/c1-27-23-13-11-18(12-14-23)25-24-16-20-8-6-5-7-19(20)15-21(24)17-28-26(25)22-9-3-2-4-10-22/h2-16,25H,17H2,1H3. The van der Waals surface area contributed by atoms with Gasteiger partial charge in [-0.15, -0.1) is 0 Å². The third-order valence-corrected chi connectivity index (χ3v) is 5.34. The first-order chi connectivity index (χ1) is 13.8. The number of ether oxygens (including phenoxy) is 1. The molecule has 0 N–H and O–H groups in total. The normalized spacial score (nSPS) is 16.0. The molecule has 4 aromatic rings. The number of fused-ring (bicyclic) bond motifs is 2. The fourth-order valence-electron chi connectivity index (χ4n) is 3.92. The van der Waals surface area contributed by atoms with Crippen LogP contribution >= 0.6 is 0 Å². The number of hydroxylamine groups is 1. The van der Waals surface area contributed by atoms with Crippen molar-refractivity contribution in [3.05, 3.63) is 108 Å². The second-order valence-corrected chi connectivity index (χ2v) is 7.01. The summed E-state index contributed by atoms with van der Waals surface area (Å²) in [4.78, 5) is 6.27. The van der Waals surface area contributed by atoms with Crippen molar-refractivity contribution in [3.63, 3.8) is 0 Å². The maximum absolute atomic E-state index is 6.27. The van der Waals surface area contributed by atoms with E-state index in [4.69, 9.17) is 9.57 Å². The number of methoxy groups -OCH3 is 1. The van der Waals surface area contributed by atoms with E-state index in [-0.39, 0.29) is 6.04 Å². The van der Waals surface area contributed by atoms with Crippen LogP contribution in [0.3, 0.4) is 0 Å². The van der Waals surface area contributed by atoms with Crippen LogP contribution in [0, 0.1) is 0 Å². The molecule has 1 aliphatic heterocycles. The van der Waals surface area contributed by atoms with Gasteiger partial charge < -0.3 is 4.74 Å². The van der Waals surface area contributed by atoms with Crippen LogP contribution in [0.5, 0.6) is 5.75 Å². The summed E-state index contributed by atoms with van der Waals surface area (Å²) in [5, 5.41) is 4.51. The lowest BCUT2D eigenvalue weighted by molar-refractivity contribution is 0.0665. The molecule has 0 aliphatic carbocycles. The Morgan fingerprint density at radius 2 is 1.50 bits per heavy atom. The van der Waals surface area contributed by atoms with Gasteiger partial charge >= 0.3 is 0 Å². The van der Waals surface area contributed by atoms with Crippen molar-refractivity contribution in [3.8, 4) is 5.75 Å². The topological polar surface area (TPSA) is 21.7 Å². The average molecular weight is 367 g/mol. The number of hydrogen-bond acceptors (Lipinski definition) is 3. The molecule has 1 unspecified atom stereocenters. The van der Waals surface area contributed by atoms with Gasteiger partial charge in [0, 0.05) is 0 Å². The Bertz CT molecular complexity index is 1110. The van der Waals surface area contributed by atoms with Crippen LogP contribution in [0.15, 0.2) is 91.0 Å². The molecule has 5 rings (SSSR count). The highest BCUT2D eigenvalue weighted by molar-refractivity contribution is 5.84. The quantitative estimate of drug-likeness (QED) is 0.451. The second-order valence-electron chi connectivity index (χ2n) is 7.01. The Hall–Kier alpha value is -3.30. The van der Waals surface area contributed by atoms with Crippen molar-refractivity contribution in [2.24, 2.45) is 0 Å². The average Bonchev–Trinajstić information content (AvgIpc) is 2.77. The third kappa shape index (κ3) is 2.90. The molecule has 138 valence electrons.